The van der Waals surface area contributed by atoms with E-state index in [0.29, 0.717) is 12.3 Å². The Morgan fingerprint density at radius 3 is 2.43 bits per heavy atom. The van der Waals surface area contributed by atoms with E-state index < -0.39 is 0 Å². The van der Waals surface area contributed by atoms with E-state index in [1.54, 1.807) is 0 Å². The normalized spacial score (nSPS) is 12.9. The predicted molar refractivity (Wildman–Crippen MR) is 53.8 cm³/mol. The van der Waals surface area contributed by atoms with Gasteiger partial charge in [-0.2, -0.15) is 5.26 Å². The molecular formula is C11H16N2O. The summed E-state index contributed by atoms with van der Waals surface area (Å²) in [6.07, 6.45) is 0.528. The van der Waals surface area contributed by atoms with E-state index in [1.165, 1.54) is 0 Å². The second kappa shape index (κ2) is 4.28. The summed E-state index contributed by atoms with van der Waals surface area (Å²) in [6.45, 7) is 8.07. The Hall–Kier alpha value is -1.30. The van der Waals surface area contributed by atoms with Crippen LogP contribution in [0.3, 0.4) is 0 Å². The van der Waals surface area contributed by atoms with E-state index in [9.17, 15) is 0 Å². The van der Waals surface area contributed by atoms with Crippen LogP contribution in [0, 0.1) is 31.1 Å². The average molecular weight is 192 g/mol. The van der Waals surface area contributed by atoms with Crippen LogP contribution >= 0.6 is 0 Å². The first-order chi connectivity index (χ1) is 6.57. The zero-order valence-electron chi connectivity index (χ0n) is 9.16. The molecule has 1 heterocycles. The monoisotopic (exact) mass is 192 g/mol. The molecule has 0 fully saturated rings. The first-order valence-corrected chi connectivity index (χ1v) is 4.87. The maximum absolute atomic E-state index is 8.77. The lowest BCUT2D eigenvalue weighted by Gasteiger charge is -2.17. The van der Waals surface area contributed by atoms with Crippen LogP contribution < -0.4 is 0 Å². The summed E-state index contributed by atoms with van der Waals surface area (Å²) in [4.78, 5) is 0. The van der Waals surface area contributed by atoms with E-state index in [4.69, 9.17) is 9.78 Å². The third kappa shape index (κ3) is 1.95. The lowest BCUT2D eigenvalue weighted by atomic mass is 9.85. The highest BCUT2D eigenvalue weighted by Gasteiger charge is 2.22. The van der Waals surface area contributed by atoms with Crippen LogP contribution in [0.4, 0.5) is 0 Å². The number of rotatable bonds is 3. The van der Waals surface area contributed by atoms with Gasteiger partial charge in [0.1, 0.15) is 5.76 Å². The molecule has 0 aromatic carbocycles. The zero-order valence-corrected chi connectivity index (χ0v) is 9.16. The molecule has 1 aromatic rings. The molecule has 0 saturated heterocycles. The van der Waals surface area contributed by atoms with Gasteiger partial charge < -0.3 is 4.52 Å². The fourth-order valence-electron chi connectivity index (χ4n) is 1.79. The smallest absolute Gasteiger partial charge is 0.137 e. The highest BCUT2D eigenvalue weighted by atomic mass is 16.5. The molecule has 0 amide bonds. The van der Waals surface area contributed by atoms with Gasteiger partial charge >= 0.3 is 0 Å². The molecule has 14 heavy (non-hydrogen) atoms. The molecule has 1 aromatic heterocycles. The van der Waals surface area contributed by atoms with Gasteiger partial charge in [0.05, 0.1) is 11.8 Å². The van der Waals surface area contributed by atoms with Gasteiger partial charge in [0.15, 0.2) is 0 Å². The van der Waals surface area contributed by atoms with Crippen molar-refractivity contribution < 1.29 is 4.52 Å². The van der Waals surface area contributed by atoms with Crippen molar-refractivity contribution in [3.63, 3.8) is 0 Å². The van der Waals surface area contributed by atoms with Crippen molar-refractivity contribution in [2.24, 2.45) is 5.92 Å². The van der Waals surface area contributed by atoms with Gasteiger partial charge in [-0.15, -0.1) is 0 Å². The Labute approximate surface area is 84.7 Å². The first kappa shape index (κ1) is 10.8. The maximum Gasteiger partial charge on any atom is 0.137 e. The molecule has 3 heteroatoms. The molecule has 0 aliphatic rings. The summed E-state index contributed by atoms with van der Waals surface area (Å²) >= 11 is 0. The quantitative estimate of drug-likeness (QED) is 0.739. The van der Waals surface area contributed by atoms with Crippen LogP contribution in [0.5, 0.6) is 0 Å². The van der Waals surface area contributed by atoms with Crippen LogP contribution in [0.2, 0.25) is 0 Å². The summed E-state index contributed by atoms with van der Waals surface area (Å²) in [6, 6.07) is 2.22. The minimum absolute atomic E-state index is 0.242. The number of aromatic nitrogens is 1. The van der Waals surface area contributed by atoms with Crippen LogP contribution in [-0.4, -0.2) is 5.16 Å². The molecule has 0 N–H and O–H groups in total. The van der Waals surface area contributed by atoms with Crippen LogP contribution in [0.1, 0.15) is 43.2 Å². The Balaban J connectivity index is 3.05. The number of hydrogen-bond donors (Lipinski definition) is 0. The van der Waals surface area contributed by atoms with Crippen molar-refractivity contribution in [3.05, 3.63) is 17.0 Å². The fraction of sp³-hybridized carbons (Fsp3) is 0.636. The van der Waals surface area contributed by atoms with Gasteiger partial charge in [-0.05, 0) is 19.8 Å². The lowest BCUT2D eigenvalue weighted by Crippen LogP contribution is -2.07. The highest BCUT2D eigenvalue weighted by Crippen LogP contribution is 2.31. The number of hydrogen-bond acceptors (Lipinski definition) is 3. The standard InChI is InChI=1S/C11H16N2O/c1-7(2)10(5-6-12)11-8(3)13-14-9(11)4/h7,10H,5H2,1-4H3. The van der Waals surface area contributed by atoms with E-state index in [2.05, 4.69) is 25.1 Å². The minimum Gasteiger partial charge on any atom is -0.361 e. The van der Waals surface area contributed by atoms with Gasteiger partial charge in [0, 0.05) is 17.9 Å². The van der Waals surface area contributed by atoms with Gasteiger partial charge in [0.25, 0.3) is 0 Å². The van der Waals surface area contributed by atoms with Crippen molar-refractivity contribution >= 4 is 0 Å². The van der Waals surface area contributed by atoms with Crippen LogP contribution in [0.25, 0.3) is 0 Å². The molecule has 76 valence electrons. The molecule has 0 aliphatic carbocycles. The van der Waals surface area contributed by atoms with Crippen molar-refractivity contribution in [3.8, 4) is 6.07 Å². The summed E-state index contributed by atoms with van der Waals surface area (Å²) in [7, 11) is 0. The fourth-order valence-corrected chi connectivity index (χ4v) is 1.79. The third-order valence-corrected chi connectivity index (χ3v) is 2.58. The second-order valence-electron chi connectivity index (χ2n) is 3.95. The Kier molecular flexibility index (Phi) is 3.29. The molecule has 0 spiro atoms. The van der Waals surface area contributed by atoms with E-state index in [1.807, 2.05) is 13.8 Å². The highest BCUT2D eigenvalue weighted by molar-refractivity contribution is 5.27. The topological polar surface area (TPSA) is 49.8 Å². The van der Waals surface area contributed by atoms with Crippen molar-refractivity contribution in [2.75, 3.05) is 0 Å². The third-order valence-electron chi connectivity index (χ3n) is 2.58. The van der Waals surface area contributed by atoms with Crippen LogP contribution in [0.15, 0.2) is 4.52 Å². The number of nitriles is 1. The largest absolute Gasteiger partial charge is 0.361 e. The summed E-state index contributed by atoms with van der Waals surface area (Å²) in [5, 5.41) is 12.7. The maximum atomic E-state index is 8.77. The van der Waals surface area contributed by atoms with E-state index >= 15 is 0 Å². The Bertz CT molecular complexity index is 327. The van der Waals surface area contributed by atoms with Gasteiger partial charge in [-0.1, -0.05) is 19.0 Å². The van der Waals surface area contributed by atoms with Crippen LogP contribution in [-0.2, 0) is 0 Å². The minimum atomic E-state index is 0.242. The SMILES string of the molecule is Cc1noc(C)c1C(CC#N)C(C)C. The molecular weight excluding hydrogens is 176 g/mol. The lowest BCUT2D eigenvalue weighted by molar-refractivity contribution is 0.389. The van der Waals surface area contributed by atoms with E-state index in [0.717, 1.165) is 17.0 Å². The molecule has 0 saturated carbocycles. The first-order valence-electron chi connectivity index (χ1n) is 4.87. The molecule has 0 bridgehead atoms. The van der Waals surface area contributed by atoms with Crippen molar-refractivity contribution in [1.29, 1.82) is 5.26 Å². The number of aryl methyl sites for hydroxylation is 2. The average Bonchev–Trinajstić information content (AvgIpc) is 2.43. The molecule has 0 aliphatic heterocycles. The van der Waals surface area contributed by atoms with Crippen molar-refractivity contribution in [2.45, 2.75) is 40.0 Å². The summed E-state index contributed by atoms with van der Waals surface area (Å²) < 4.78 is 5.11. The second-order valence-corrected chi connectivity index (χ2v) is 3.95. The molecule has 1 unspecified atom stereocenters. The molecule has 3 nitrogen and oxygen atoms in total. The molecule has 1 atom stereocenters. The van der Waals surface area contributed by atoms with Gasteiger partial charge in [-0.25, -0.2) is 0 Å². The van der Waals surface area contributed by atoms with Gasteiger partial charge in [-0.3, -0.25) is 0 Å². The summed E-state index contributed by atoms with van der Waals surface area (Å²) in [5.74, 6) is 1.52. The molecule has 1 rings (SSSR count). The Morgan fingerprint density at radius 1 is 1.43 bits per heavy atom. The van der Waals surface area contributed by atoms with Crippen molar-refractivity contribution in [1.82, 2.24) is 5.16 Å². The molecule has 0 radical (unpaired) electrons. The Morgan fingerprint density at radius 2 is 2.07 bits per heavy atom. The zero-order chi connectivity index (χ0) is 10.7. The number of nitrogens with zero attached hydrogens (tertiary/aromatic N) is 2. The predicted octanol–water partition coefficient (Wildman–Crippen LogP) is 2.94. The summed E-state index contributed by atoms with van der Waals surface area (Å²) in [5.41, 5.74) is 2.03. The van der Waals surface area contributed by atoms with E-state index in [-0.39, 0.29) is 5.92 Å². The van der Waals surface area contributed by atoms with Gasteiger partial charge in [0.2, 0.25) is 0 Å².